The summed E-state index contributed by atoms with van der Waals surface area (Å²) in [6.07, 6.45) is 6.38. The van der Waals surface area contributed by atoms with Crippen molar-refractivity contribution in [2.24, 2.45) is 5.92 Å². The van der Waals surface area contributed by atoms with Crippen LogP contribution in [0.5, 0.6) is 0 Å². The molecule has 1 saturated heterocycles. The van der Waals surface area contributed by atoms with E-state index < -0.39 is 0 Å². The molecule has 1 N–H and O–H groups in total. The van der Waals surface area contributed by atoms with Crippen LogP contribution in [0.25, 0.3) is 22.4 Å². The van der Waals surface area contributed by atoms with E-state index in [1.165, 1.54) is 24.8 Å². The van der Waals surface area contributed by atoms with E-state index >= 15 is 0 Å². The lowest BCUT2D eigenvalue weighted by Gasteiger charge is -2.09. The molecule has 3 heterocycles. The molecule has 1 aliphatic rings. The lowest BCUT2D eigenvalue weighted by atomic mass is 9.97. The summed E-state index contributed by atoms with van der Waals surface area (Å²) < 4.78 is 7.73. The van der Waals surface area contributed by atoms with Gasteiger partial charge in [-0.3, -0.25) is 0 Å². The highest BCUT2D eigenvalue weighted by Gasteiger charge is 2.17. The molecule has 1 atom stereocenters. The molecule has 148 valence electrons. The van der Waals surface area contributed by atoms with Gasteiger partial charge >= 0.3 is 0 Å². The molecule has 0 amide bonds. The Labute approximate surface area is 170 Å². The Hall–Kier alpha value is -2.99. The fourth-order valence-corrected chi connectivity index (χ4v) is 4.14. The van der Waals surface area contributed by atoms with Gasteiger partial charge in [-0.15, -0.1) is 0 Å². The largest absolute Gasteiger partial charge is 0.339 e. The van der Waals surface area contributed by atoms with Gasteiger partial charge in [-0.2, -0.15) is 4.98 Å². The monoisotopic (exact) mass is 387 g/mol. The zero-order valence-electron chi connectivity index (χ0n) is 16.4. The number of rotatable bonds is 5. The van der Waals surface area contributed by atoms with Crippen LogP contribution >= 0.6 is 0 Å². The number of benzene rings is 2. The maximum Gasteiger partial charge on any atom is 0.227 e. The van der Waals surface area contributed by atoms with Crippen molar-refractivity contribution in [1.82, 2.24) is 25.0 Å². The van der Waals surface area contributed by atoms with Gasteiger partial charge < -0.3 is 14.4 Å². The van der Waals surface area contributed by atoms with E-state index in [9.17, 15) is 0 Å². The molecule has 6 heteroatoms. The second kappa shape index (κ2) is 8.17. The number of para-hydroxylation sites is 2. The van der Waals surface area contributed by atoms with E-state index in [-0.39, 0.29) is 0 Å². The van der Waals surface area contributed by atoms with Gasteiger partial charge in [0.1, 0.15) is 0 Å². The van der Waals surface area contributed by atoms with Crippen LogP contribution in [0.3, 0.4) is 0 Å². The highest BCUT2D eigenvalue weighted by atomic mass is 16.5. The maximum atomic E-state index is 5.57. The summed E-state index contributed by atoms with van der Waals surface area (Å²) in [4.78, 5) is 9.16. The Kier molecular flexibility index (Phi) is 5.09. The summed E-state index contributed by atoms with van der Waals surface area (Å²) in [7, 11) is 0. The van der Waals surface area contributed by atoms with E-state index in [0.29, 0.717) is 11.7 Å². The molecule has 0 aliphatic carbocycles. The van der Waals surface area contributed by atoms with E-state index in [1.54, 1.807) is 0 Å². The molecule has 2 aromatic carbocycles. The van der Waals surface area contributed by atoms with E-state index in [0.717, 1.165) is 48.5 Å². The van der Waals surface area contributed by atoms with Crippen LogP contribution in [0.2, 0.25) is 0 Å². The Morgan fingerprint density at radius 2 is 2.03 bits per heavy atom. The molecule has 0 bridgehead atoms. The van der Waals surface area contributed by atoms with E-state index in [4.69, 9.17) is 4.52 Å². The minimum Gasteiger partial charge on any atom is -0.339 e. The van der Waals surface area contributed by atoms with Crippen molar-refractivity contribution >= 4 is 11.0 Å². The SMILES string of the molecule is c1cc(Cn2cnc3ccccc32)cc(-c2noc(CC3CCCNCC3)n2)c1. The van der Waals surface area contributed by atoms with Gasteiger partial charge in [0.2, 0.25) is 11.7 Å². The van der Waals surface area contributed by atoms with E-state index in [1.807, 2.05) is 30.6 Å². The molecule has 0 saturated carbocycles. The van der Waals surface area contributed by atoms with Crippen molar-refractivity contribution in [2.75, 3.05) is 13.1 Å². The molecular weight excluding hydrogens is 362 g/mol. The molecule has 1 fully saturated rings. The summed E-state index contributed by atoms with van der Waals surface area (Å²) in [5, 5.41) is 7.70. The van der Waals surface area contributed by atoms with Crippen LogP contribution in [-0.2, 0) is 13.0 Å². The molecule has 1 aliphatic heterocycles. The number of aromatic nitrogens is 4. The van der Waals surface area contributed by atoms with Crippen molar-refractivity contribution in [3.05, 3.63) is 66.3 Å². The van der Waals surface area contributed by atoms with Crippen LogP contribution in [0.4, 0.5) is 0 Å². The maximum absolute atomic E-state index is 5.57. The van der Waals surface area contributed by atoms with Crippen LogP contribution in [-0.4, -0.2) is 32.8 Å². The van der Waals surface area contributed by atoms with Gasteiger partial charge in [-0.05, 0) is 62.0 Å². The van der Waals surface area contributed by atoms with Crippen molar-refractivity contribution < 1.29 is 4.52 Å². The molecule has 2 aromatic heterocycles. The first-order valence-electron chi connectivity index (χ1n) is 10.4. The smallest absolute Gasteiger partial charge is 0.227 e. The summed E-state index contributed by atoms with van der Waals surface area (Å²) in [6.45, 7) is 2.95. The third-order valence-corrected chi connectivity index (χ3v) is 5.69. The summed E-state index contributed by atoms with van der Waals surface area (Å²) in [5.74, 6) is 2.04. The van der Waals surface area contributed by atoms with Crippen molar-refractivity contribution in [1.29, 1.82) is 0 Å². The first-order valence-corrected chi connectivity index (χ1v) is 10.4. The lowest BCUT2D eigenvalue weighted by molar-refractivity contribution is 0.341. The zero-order chi connectivity index (χ0) is 19.5. The molecule has 0 spiro atoms. The number of hydrogen-bond donors (Lipinski definition) is 1. The molecule has 4 aromatic rings. The first kappa shape index (κ1) is 18.1. The lowest BCUT2D eigenvalue weighted by Crippen LogP contribution is -2.14. The Morgan fingerprint density at radius 3 is 3.03 bits per heavy atom. The summed E-state index contributed by atoms with van der Waals surface area (Å²) in [6, 6.07) is 16.5. The predicted octanol–water partition coefficient (Wildman–Crippen LogP) is 4.07. The quantitative estimate of drug-likeness (QED) is 0.559. The van der Waals surface area contributed by atoms with Crippen molar-refractivity contribution in [2.45, 2.75) is 32.2 Å². The Bertz CT molecular complexity index is 1090. The van der Waals surface area contributed by atoms with E-state index in [2.05, 4.69) is 49.3 Å². The van der Waals surface area contributed by atoms with Crippen LogP contribution in [0.15, 0.2) is 59.4 Å². The van der Waals surface area contributed by atoms with Gasteiger partial charge in [-0.25, -0.2) is 4.98 Å². The van der Waals surface area contributed by atoms with Gasteiger partial charge in [-0.1, -0.05) is 35.5 Å². The van der Waals surface area contributed by atoms with Crippen LogP contribution in [0.1, 0.15) is 30.7 Å². The second-order valence-electron chi connectivity index (χ2n) is 7.82. The third-order valence-electron chi connectivity index (χ3n) is 5.69. The number of nitrogens with zero attached hydrogens (tertiary/aromatic N) is 4. The van der Waals surface area contributed by atoms with Gasteiger partial charge in [0.05, 0.1) is 17.4 Å². The van der Waals surface area contributed by atoms with Crippen LogP contribution < -0.4 is 5.32 Å². The fraction of sp³-hybridized carbons (Fsp3) is 0.348. The minimum atomic E-state index is 0.624. The molecule has 29 heavy (non-hydrogen) atoms. The second-order valence-corrected chi connectivity index (χ2v) is 7.82. The average molecular weight is 387 g/mol. The number of hydrogen-bond acceptors (Lipinski definition) is 5. The Morgan fingerprint density at radius 1 is 1.07 bits per heavy atom. The average Bonchev–Trinajstić information content (AvgIpc) is 3.29. The predicted molar refractivity (Wildman–Crippen MR) is 112 cm³/mol. The highest BCUT2D eigenvalue weighted by Crippen LogP contribution is 2.22. The zero-order valence-corrected chi connectivity index (χ0v) is 16.4. The van der Waals surface area contributed by atoms with Gasteiger partial charge in [0, 0.05) is 18.5 Å². The molecule has 1 unspecified atom stereocenters. The van der Waals surface area contributed by atoms with Crippen LogP contribution in [0, 0.1) is 5.92 Å². The molecule has 5 rings (SSSR count). The minimum absolute atomic E-state index is 0.624. The molecule has 0 radical (unpaired) electrons. The summed E-state index contributed by atoms with van der Waals surface area (Å²) in [5.41, 5.74) is 4.33. The Balaban J connectivity index is 1.32. The number of imidazole rings is 1. The topological polar surface area (TPSA) is 68.8 Å². The van der Waals surface area contributed by atoms with Crippen molar-refractivity contribution in [3.63, 3.8) is 0 Å². The fourth-order valence-electron chi connectivity index (χ4n) is 4.14. The molecule has 6 nitrogen and oxygen atoms in total. The first-order chi connectivity index (χ1) is 14.3. The number of fused-ring (bicyclic) bond motifs is 1. The van der Waals surface area contributed by atoms with Gasteiger partial charge in [0.25, 0.3) is 0 Å². The third kappa shape index (κ3) is 4.07. The molecular formula is C23H25N5O. The van der Waals surface area contributed by atoms with Gasteiger partial charge in [0.15, 0.2) is 0 Å². The highest BCUT2D eigenvalue weighted by molar-refractivity contribution is 5.75. The standard InChI is InChI=1S/C23H25N5O/c1-2-9-21-20(8-1)25-16-28(21)15-18-5-3-7-19(13-18)23-26-22(29-27-23)14-17-6-4-11-24-12-10-17/h1-3,5,7-9,13,16-17,24H,4,6,10-12,14-15H2. The summed E-state index contributed by atoms with van der Waals surface area (Å²) >= 11 is 0. The normalized spacial score (nSPS) is 17.4. The number of nitrogens with one attached hydrogen (secondary N) is 1. The van der Waals surface area contributed by atoms with Crippen molar-refractivity contribution in [3.8, 4) is 11.4 Å².